The number of nitrogens with zero attached hydrogens (tertiary/aromatic N) is 2. The highest BCUT2D eigenvalue weighted by atomic mass is 16.5. The molecule has 0 aliphatic carbocycles. The van der Waals surface area contributed by atoms with Crippen molar-refractivity contribution < 1.29 is 18.8 Å². The zero-order chi connectivity index (χ0) is 19.7. The van der Waals surface area contributed by atoms with Crippen LogP contribution in [-0.4, -0.2) is 23.6 Å². The van der Waals surface area contributed by atoms with E-state index in [-0.39, 0.29) is 18.4 Å². The normalized spacial score (nSPS) is 13.1. The fourth-order valence-electron chi connectivity index (χ4n) is 3.13. The number of benzene rings is 2. The second-order valence-corrected chi connectivity index (χ2v) is 6.57. The number of ether oxygens (including phenoxy) is 1. The quantitative estimate of drug-likeness (QED) is 0.753. The zero-order valence-electron chi connectivity index (χ0n) is 15.6. The van der Waals surface area contributed by atoms with Gasteiger partial charge in [-0.15, -0.1) is 0 Å². The zero-order valence-corrected chi connectivity index (χ0v) is 15.6. The van der Waals surface area contributed by atoms with Gasteiger partial charge in [-0.25, -0.2) is 0 Å². The molecule has 1 aliphatic heterocycles. The molecular formula is C21H19N3O4. The SMILES string of the molecule is Cc1noc(C)c1CN1C(=O)COc2ccc(NC(=O)c3ccccc3)cc21. The first-order valence-corrected chi connectivity index (χ1v) is 8.88. The number of hydrogen-bond donors (Lipinski definition) is 1. The third kappa shape index (κ3) is 3.34. The lowest BCUT2D eigenvalue weighted by Gasteiger charge is -2.29. The maximum Gasteiger partial charge on any atom is 0.265 e. The van der Waals surface area contributed by atoms with Crippen LogP contribution in [0.5, 0.6) is 5.75 Å². The van der Waals surface area contributed by atoms with Gasteiger partial charge in [-0.3, -0.25) is 9.59 Å². The Morgan fingerprint density at radius 1 is 1.18 bits per heavy atom. The van der Waals surface area contributed by atoms with Crippen molar-refractivity contribution in [1.29, 1.82) is 0 Å². The highest BCUT2D eigenvalue weighted by Gasteiger charge is 2.28. The summed E-state index contributed by atoms with van der Waals surface area (Å²) in [6, 6.07) is 14.2. The van der Waals surface area contributed by atoms with Gasteiger partial charge in [0.05, 0.1) is 17.9 Å². The molecule has 28 heavy (non-hydrogen) atoms. The van der Waals surface area contributed by atoms with E-state index in [0.29, 0.717) is 35.0 Å². The van der Waals surface area contributed by atoms with Gasteiger partial charge in [0.1, 0.15) is 11.5 Å². The number of anilines is 2. The van der Waals surface area contributed by atoms with Gasteiger partial charge in [-0.1, -0.05) is 23.4 Å². The van der Waals surface area contributed by atoms with Crippen LogP contribution < -0.4 is 15.0 Å². The van der Waals surface area contributed by atoms with Gasteiger partial charge in [-0.05, 0) is 44.2 Å². The first kappa shape index (κ1) is 17.8. The van der Waals surface area contributed by atoms with Crippen molar-refractivity contribution in [3.8, 4) is 5.75 Å². The van der Waals surface area contributed by atoms with Crippen molar-refractivity contribution in [3.05, 3.63) is 71.1 Å². The van der Waals surface area contributed by atoms with Crippen molar-refractivity contribution in [1.82, 2.24) is 5.16 Å². The molecule has 0 fully saturated rings. The van der Waals surface area contributed by atoms with E-state index in [4.69, 9.17) is 9.26 Å². The lowest BCUT2D eigenvalue weighted by molar-refractivity contribution is -0.121. The molecule has 7 heteroatoms. The highest BCUT2D eigenvalue weighted by molar-refractivity contribution is 6.05. The van der Waals surface area contributed by atoms with Crippen molar-refractivity contribution in [2.45, 2.75) is 20.4 Å². The Morgan fingerprint density at radius 3 is 2.68 bits per heavy atom. The molecular weight excluding hydrogens is 358 g/mol. The highest BCUT2D eigenvalue weighted by Crippen LogP contribution is 2.36. The molecule has 0 saturated heterocycles. The Balaban J connectivity index is 1.63. The summed E-state index contributed by atoms with van der Waals surface area (Å²) in [6.45, 7) is 3.95. The van der Waals surface area contributed by atoms with E-state index >= 15 is 0 Å². The minimum absolute atomic E-state index is 0.0356. The molecule has 0 atom stereocenters. The predicted octanol–water partition coefficient (Wildman–Crippen LogP) is 3.47. The summed E-state index contributed by atoms with van der Waals surface area (Å²) < 4.78 is 10.8. The molecule has 1 aliphatic rings. The maximum atomic E-state index is 12.5. The second kappa shape index (κ2) is 7.19. The van der Waals surface area contributed by atoms with E-state index < -0.39 is 0 Å². The first-order chi connectivity index (χ1) is 13.5. The summed E-state index contributed by atoms with van der Waals surface area (Å²) in [4.78, 5) is 26.6. The Labute approximate surface area is 161 Å². The lowest BCUT2D eigenvalue weighted by atomic mass is 10.1. The van der Waals surface area contributed by atoms with E-state index in [0.717, 1.165) is 11.3 Å². The van der Waals surface area contributed by atoms with E-state index in [2.05, 4.69) is 10.5 Å². The molecule has 2 amide bonds. The lowest BCUT2D eigenvalue weighted by Crippen LogP contribution is -2.38. The van der Waals surface area contributed by atoms with Crippen molar-refractivity contribution in [3.63, 3.8) is 0 Å². The minimum atomic E-state index is -0.221. The van der Waals surface area contributed by atoms with E-state index in [1.54, 1.807) is 47.4 Å². The fourth-order valence-corrected chi connectivity index (χ4v) is 3.13. The molecule has 0 unspecified atom stereocenters. The van der Waals surface area contributed by atoms with Crippen LogP contribution in [0.2, 0.25) is 0 Å². The van der Waals surface area contributed by atoms with Crippen LogP contribution in [0.1, 0.15) is 27.4 Å². The van der Waals surface area contributed by atoms with Crippen LogP contribution in [0, 0.1) is 13.8 Å². The minimum Gasteiger partial charge on any atom is -0.482 e. The fraction of sp³-hybridized carbons (Fsp3) is 0.190. The van der Waals surface area contributed by atoms with Gasteiger partial charge in [0.15, 0.2) is 6.61 Å². The number of rotatable bonds is 4. The number of fused-ring (bicyclic) bond motifs is 1. The number of carbonyl (C=O) groups is 2. The number of aromatic nitrogens is 1. The molecule has 1 aromatic heterocycles. The summed E-state index contributed by atoms with van der Waals surface area (Å²) >= 11 is 0. The molecule has 2 aromatic carbocycles. The average Bonchev–Trinajstić information content (AvgIpc) is 3.02. The summed E-state index contributed by atoms with van der Waals surface area (Å²) in [5.41, 5.74) is 3.34. The van der Waals surface area contributed by atoms with Crippen molar-refractivity contribution >= 4 is 23.2 Å². The van der Waals surface area contributed by atoms with Crippen LogP contribution in [0.15, 0.2) is 53.1 Å². The number of carbonyl (C=O) groups excluding carboxylic acids is 2. The topological polar surface area (TPSA) is 84.7 Å². The van der Waals surface area contributed by atoms with E-state index in [1.807, 2.05) is 19.9 Å². The largest absolute Gasteiger partial charge is 0.482 e. The number of aryl methyl sites for hydroxylation is 2. The summed E-state index contributed by atoms with van der Waals surface area (Å²) in [5, 5.41) is 6.81. The van der Waals surface area contributed by atoms with Crippen LogP contribution in [0.25, 0.3) is 0 Å². The van der Waals surface area contributed by atoms with Crippen molar-refractivity contribution in [2.24, 2.45) is 0 Å². The summed E-state index contributed by atoms with van der Waals surface area (Å²) in [5.74, 6) is 0.871. The molecule has 0 saturated carbocycles. The maximum absolute atomic E-state index is 12.5. The third-order valence-corrected chi connectivity index (χ3v) is 4.69. The number of amides is 2. The molecule has 142 valence electrons. The average molecular weight is 377 g/mol. The Morgan fingerprint density at radius 2 is 1.96 bits per heavy atom. The smallest absolute Gasteiger partial charge is 0.265 e. The van der Waals surface area contributed by atoms with E-state index in [9.17, 15) is 9.59 Å². The van der Waals surface area contributed by atoms with E-state index in [1.165, 1.54) is 0 Å². The van der Waals surface area contributed by atoms with Gasteiger partial charge in [-0.2, -0.15) is 0 Å². The first-order valence-electron chi connectivity index (χ1n) is 8.88. The molecule has 1 N–H and O–H groups in total. The standard InChI is InChI=1S/C21H19N3O4/c1-13-17(14(2)28-23-13)11-24-18-10-16(8-9-19(18)27-12-20(24)25)22-21(26)15-6-4-3-5-7-15/h3-10H,11-12H2,1-2H3,(H,22,26). The Kier molecular flexibility index (Phi) is 4.57. The van der Waals surface area contributed by atoms with Crippen molar-refractivity contribution in [2.75, 3.05) is 16.8 Å². The molecule has 0 radical (unpaired) electrons. The molecule has 0 bridgehead atoms. The Bertz CT molecular complexity index is 1020. The number of nitrogens with one attached hydrogen (secondary N) is 1. The van der Waals surface area contributed by atoms with Gasteiger partial charge in [0.25, 0.3) is 11.8 Å². The van der Waals surface area contributed by atoms with Crippen LogP contribution in [0.4, 0.5) is 11.4 Å². The molecule has 4 rings (SSSR count). The second-order valence-electron chi connectivity index (χ2n) is 6.57. The predicted molar refractivity (Wildman–Crippen MR) is 103 cm³/mol. The molecule has 2 heterocycles. The number of hydrogen-bond acceptors (Lipinski definition) is 5. The third-order valence-electron chi connectivity index (χ3n) is 4.69. The van der Waals surface area contributed by atoms with Crippen LogP contribution in [-0.2, 0) is 11.3 Å². The van der Waals surface area contributed by atoms with Gasteiger partial charge in [0, 0.05) is 16.8 Å². The van der Waals surface area contributed by atoms with Gasteiger partial charge < -0.3 is 19.5 Å². The molecule has 7 nitrogen and oxygen atoms in total. The summed E-state index contributed by atoms with van der Waals surface area (Å²) in [6.07, 6.45) is 0. The van der Waals surface area contributed by atoms with Crippen LogP contribution >= 0.6 is 0 Å². The Hall–Kier alpha value is -3.61. The molecule has 3 aromatic rings. The van der Waals surface area contributed by atoms with Gasteiger partial charge >= 0.3 is 0 Å². The monoisotopic (exact) mass is 377 g/mol. The molecule has 0 spiro atoms. The summed E-state index contributed by atoms with van der Waals surface area (Å²) in [7, 11) is 0. The van der Waals surface area contributed by atoms with Crippen LogP contribution in [0.3, 0.4) is 0 Å². The van der Waals surface area contributed by atoms with Gasteiger partial charge in [0.2, 0.25) is 0 Å².